The van der Waals surface area contributed by atoms with Crippen LogP contribution in [0.3, 0.4) is 0 Å². The quantitative estimate of drug-likeness (QED) is 0.681. The van der Waals surface area contributed by atoms with Crippen molar-refractivity contribution in [2.75, 3.05) is 6.61 Å². The van der Waals surface area contributed by atoms with Gasteiger partial charge in [-0.1, -0.05) is 45.1 Å². The summed E-state index contributed by atoms with van der Waals surface area (Å²) in [6.45, 7) is 2.93. The predicted molar refractivity (Wildman–Crippen MR) is 89.6 cm³/mol. The number of hydrogen-bond acceptors (Lipinski definition) is 3. The lowest BCUT2D eigenvalue weighted by Gasteiger charge is -2.26. The monoisotopic (exact) mass is 306 g/mol. The second-order valence-electron chi connectivity index (χ2n) is 6.50. The number of phenols is 1. The van der Waals surface area contributed by atoms with E-state index < -0.39 is 0 Å². The first-order valence-corrected chi connectivity index (χ1v) is 8.84. The van der Waals surface area contributed by atoms with Crippen LogP contribution in [-0.2, 0) is 0 Å². The molecule has 3 nitrogen and oxygen atoms in total. The number of rotatable bonds is 8. The van der Waals surface area contributed by atoms with Crippen molar-refractivity contribution in [2.24, 2.45) is 0 Å². The van der Waals surface area contributed by atoms with E-state index in [0.29, 0.717) is 12.4 Å². The normalized spacial score (nSPS) is 21.7. The van der Waals surface area contributed by atoms with E-state index in [1.54, 1.807) is 6.07 Å². The maximum atomic E-state index is 10.2. The van der Waals surface area contributed by atoms with Gasteiger partial charge in [0, 0.05) is 6.07 Å². The molecule has 2 atom stereocenters. The third-order valence-corrected chi connectivity index (χ3v) is 4.60. The number of ether oxygens (including phenoxy) is 1. The fraction of sp³-hybridized carbons (Fsp3) is 0.684. The molecule has 0 saturated heterocycles. The van der Waals surface area contributed by atoms with Crippen LogP contribution in [0, 0.1) is 0 Å². The number of aliphatic hydroxyl groups excluding tert-OH is 1. The maximum absolute atomic E-state index is 10.2. The molecule has 0 amide bonds. The van der Waals surface area contributed by atoms with Gasteiger partial charge in [0.2, 0.25) is 0 Å². The standard InChI is InChI=1S/C19H30O3/c1-2-3-4-5-6-12-22-17-10-11-18(19(21)14-17)15-8-7-9-16(20)13-15/h10-11,14-16,20-21H,2-9,12-13H2,1H3. The van der Waals surface area contributed by atoms with Crippen LogP contribution in [0.5, 0.6) is 11.5 Å². The van der Waals surface area contributed by atoms with Crippen molar-refractivity contribution in [3.63, 3.8) is 0 Å². The van der Waals surface area contributed by atoms with Crippen LogP contribution in [0.15, 0.2) is 18.2 Å². The van der Waals surface area contributed by atoms with E-state index in [-0.39, 0.29) is 12.0 Å². The van der Waals surface area contributed by atoms with Crippen LogP contribution < -0.4 is 4.74 Å². The van der Waals surface area contributed by atoms with Gasteiger partial charge in [0.15, 0.2) is 0 Å². The lowest BCUT2D eigenvalue weighted by molar-refractivity contribution is 0.119. The molecule has 0 radical (unpaired) electrons. The summed E-state index contributed by atoms with van der Waals surface area (Å²) in [5.74, 6) is 1.32. The smallest absolute Gasteiger partial charge is 0.122 e. The summed E-state index contributed by atoms with van der Waals surface area (Å²) in [7, 11) is 0. The van der Waals surface area contributed by atoms with Crippen molar-refractivity contribution < 1.29 is 14.9 Å². The van der Waals surface area contributed by atoms with Gasteiger partial charge in [-0.05, 0) is 43.2 Å². The Morgan fingerprint density at radius 1 is 1.14 bits per heavy atom. The molecule has 0 aromatic heterocycles. The van der Waals surface area contributed by atoms with Crippen LogP contribution >= 0.6 is 0 Å². The first kappa shape index (κ1) is 17.1. The number of aromatic hydroxyl groups is 1. The van der Waals surface area contributed by atoms with Crippen molar-refractivity contribution in [2.45, 2.75) is 76.7 Å². The maximum Gasteiger partial charge on any atom is 0.122 e. The van der Waals surface area contributed by atoms with Crippen LogP contribution in [-0.4, -0.2) is 22.9 Å². The molecule has 1 fully saturated rings. The highest BCUT2D eigenvalue weighted by Crippen LogP contribution is 2.38. The third kappa shape index (κ3) is 5.20. The third-order valence-electron chi connectivity index (χ3n) is 4.60. The van der Waals surface area contributed by atoms with E-state index in [1.165, 1.54) is 25.7 Å². The average molecular weight is 306 g/mol. The van der Waals surface area contributed by atoms with Crippen molar-refractivity contribution in [3.05, 3.63) is 23.8 Å². The minimum atomic E-state index is -0.225. The van der Waals surface area contributed by atoms with Gasteiger partial charge in [0.25, 0.3) is 0 Å². The van der Waals surface area contributed by atoms with E-state index in [0.717, 1.165) is 43.4 Å². The van der Waals surface area contributed by atoms with Gasteiger partial charge in [-0.2, -0.15) is 0 Å². The first-order valence-electron chi connectivity index (χ1n) is 8.84. The molecule has 1 aromatic carbocycles. The Bertz CT molecular complexity index is 444. The van der Waals surface area contributed by atoms with E-state index in [2.05, 4.69) is 6.92 Å². The topological polar surface area (TPSA) is 49.7 Å². The van der Waals surface area contributed by atoms with E-state index in [9.17, 15) is 10.2 Å². The molecule has 2 rings (SSSR count). The fourth-order valence-electron chi connectivity index (χ4n) is 3.30. The Morgan fingerprint density at radius 3 is 2.68 bits per heavy atom. The minimum Gasteiger partial charge on any atom is -0.508 e. The van der Waals surface area contributed by atoms with E-state index in [1.807, 2.05) is 12.1 Å². The number of aliphatic hydroxyl groups is 1. The van der Waals surface area contributed by atoms with Gasteiger partial charge < -0.3 is 14.9 Å². The largest absolute Gasteiger partial charge is 0.508 e. The molecule has 124 valence electrons. The predicted octanol–water partition coefficient (Wildman–Crippen LogP) is 4.76. The van der Waals surface area contributed by atoms with Crippen LogP contribution in [0.2, 0.25) is 0 Å². The zero-order chi connectivity index (χ0) is 15.8. The highest BCUT2D eigenvalue weighted by molar-refractivity contribution is 5.42. The second-order valence-corrected chi connectivity index (χ2v) is 6.50. The highest BCUT2D eigenvalue weighted by atomic mass is 16.5. The van der Waals surface area contributed by atoms with Crippen molar-refractivity contribution in [3.8, 4) is 11.5 Å². The number of benzene rings is 1. The summed E-state index contributed by atoms with van der Waals surface area (Å²) in [6.07, 6.45) is 9.58. The number of hydrogen-bond donors (Lipinski definition) is 2. The van der Waals surface area contributed by atoms with E-state index in [4.69, 9.17) is 4.74 Å². The molecule has 0 heterocycles. The van der Waals surface area contributed by atoms with Gasteiger partial charge in [0.1, 0.15) is 11.5 Å². The number of phenolic OH excluding ortho intramolecular Hbond substituents is 1. The molecule has 0 bridgehead atoms. The highest BCUT2D eigenvalue weighted by Gasteiger charge is 2.23. The van der Waals surface area contributed by atoms with Gasteiger partial charge in [0.05, 0.1) is 12.7 Å². The molecule has 1 aromatic rings. The average Bonchev–Trinajstić information content (AvgIpc) is 2.51. The Hall–Kier alpha value is -1.22. The van der Waals surface area contributed by atoms with Gasteiger partial charge in [-0.15, -0.1) is 0 Å². The fourth-order valence-corrected chi connectivity index (χ4v) is 3.30. The van der Waals surface area contributed by atoms with Crippen molar-refractivity contribution >= 4 is 0 Å². The van der Waals surface area contributed by atoms with Gasteiger partial charge in [-0.3, -0.25) is 0 Å². The molecular weight excluding hydrogens is 276 g/mol. The molecule has 22 heavy (non-hydrogen) atoms. The summed E-state index contributed by atoms with van der Waals surface area (Å²) >= 11 is 0. The zero-order valence-corrected chi connectivity index (χ0v) is 13.8. The molecule has 0 aliphatic heterocycles. The van der Waals surface area contributed by atoms with Crippen LogP contribution in [0.1, 0.15) is 76.2 Å². The van der Waals surface area contributed by atoms with Crippen molar-refractivity contribution in [1.82, 2.24) is 0 Å². The van der Waals surface area contributed by atoms with Crippen molar-refractivity contribution in [1.29, 1.82) is 0 Å². The van der Waals surface area contributed by atoms with Crippen LogP contribution in [0.25, 0.3) is 0 Å². The summed E-state index contributed by atoms with van der Waals surface area (Å²) in [5, 5.41) is 20.0. The van der Waals surface area contributed by atoms with Gasteiger partial charge in [-0.25, -0.2) is 0 Å². The Morgan fingerprint density at radius 2 is 1.95 bits per heavy atom. The summed E-state index contributed by atoms with van der Waals surface area (Å²) < 4.78 is 5.72. The summed E-state index contributed by atoms with van der Waals surface area (Å²) in [5.41, 5.74) is 0.953. The SMILES string of the molecule is CCCCCCCOc1ccc(C2CCCC(O)C2)c(O)c1. The van der Waals surface area contributed by atoms with Crippen LogP contribution in [0.4, 0.5) is 0 Å². The lowest BCUT2D eigenvalue weighted by Crippen LogP contribution is -2.18. The molecule has 3 heteroatoms. The molecule has 1 aliphatic rings. The van der Waals surface area contributed by atoms with Gasteiger partial charge >= 0.3 is 0 Å². The molecule has 2 N–H and O–H groups in total. The second kappa shape index (κ2) is 9.04. The Balaban J connectivity index is 1.81. The molecule has 1 aliphatic carbocycles. The Labute approximate surface area is 134 Å². The molecule has 0 spiro atoms. The molecule has 2 unspecified atom stereocenters. The van der Waals surface area contributed by atoms with E-state index >= 15 is 0 Å². The minimum absolute atomic E-state index is 0.225. The first-order chi connectivity index (χ1) is 10.7. The molecule has 1 saturated carbocycles. The number of unbranched alkanes of at least 4 members (excludes halogenated alkanes) is 4. The zero-order valence-electron chi connectivity index (χ0n) is 13.8. The molecular formula is C19H30O3. The summed E-state index contributed by atoms with van der Waals surface area (Å²) in [6, 6.07) is 5.63. The summed E-state index contributed by atoms with van der Waals surface area (Å²) in [4.78, 5) is 0. The lowest BCUT2D eigenvalue weighted by atomic mass is 9.82. The Kier molecular flexibility index (Phi) is 7.04.